The molecule has 0 fully saturated rings. The summed E-state index contributed by atoms with van der Waals surface area (Å²) in [4.78, 5) is 21.9. The lowest BCUT2D eigenvalue weighted by Gasteiger charge is -2.07. The first-order valence-electron chi connectivity index (χ1n) is 5.21. The van der Waals surface area contributed by atoms with Crippen LogP contribution in [0.15, 0.2) is 18.2 Å². The van der Waals surface area contributed by atoms with Crippen molar-refractivity contribution in [2.75, 3.05) is 16.8 Å². The fourth-order valence-corrected chi connectivity index (χ4v) is 2.07. The van der Waals surface area contributed by atoms with E-state index in [2.05, 4.69) is 5.32 Å². The highest BCUT2D eigenvalue weighted by Crippen LogP contribution is 2.19. The number of halogens is 2. The second-order valence-electron chi connectivity index (χ2n) is 3.64. The zero-order valence-electron chi connectivity index (χ0n) is 9.73. The van der Waals surface area contributed by atoms with Gasteiger partial charge >= 0.3 is 5.97 Å². The number of anilines is 1. The maximum Gasteiger partial charge on any atom is 0.321 e. The highest BCUT2D eigenvalue weighted by molar-refractivity contribution is 8.00. The van der Waals surface area contributed by atoms with Crippen molar-refractivity contribution in [1.82, 2.24) is 0 Å². The second kappa shape index (κ2) is 7.32. The van der Waals surface area contributed by atoms with E-state index in [-0.39, 0.29) is 22.4 Å². The molecule has 0 aliphatic carbocycles. The van der Waals surface area contributed by atoms with Gasteiger partial charge in [0.1, 0.15) is 11.9 Å². The zero-order valence-corrected chi connectivity index (χ0v) is 11.3. The number of hydrogen-bond acceptors (Lipinski definition) is 4. The first-order chi connectivity index (χ1) is 8.90. The van der Waals surface area contributed by atoms with Crippen molar-refractivity contribution in [2.24, 2.45) is 5.73 Å². The van der Waals surface area contributed by atoms with Crippen molar-refractivity contribution in [1.29, 1.82) is 0 Å². The van der Waals surface area contributed by atoms with E-state index in [4.69, 9.17) is 22.4 Å². The Morgan fingerprint density at radius 2 is 2.21 bits per heavy atom. The molecule has 0 aliphatic rings. The summed E-state index contributed by atoms with van der Waals surface area (Å²) in [5, 5.41) is 11.0. The lowest BCUT2D eigenvalue weighted by atomic mass is 10.3. The molecule has 0 radical (unpaired) electrons. The molecule has 1 amide bonds. The number of hydrogen-bond donors (Lipinski definition) is 3. The van der Waals surface area contributed by atoms with Gasteiger partial charge in [-0.15, -0.1) is 11.8 Å². The van der Waals surface area contributed by atoms with Gasteiger partial charge in [0.15, 0.2) is 0 Å². The lowest BCUT2D eigenvalue weighted by Crippen LogP contribution is -2.33. The molecule has 1 unspecified atom stereocenters. The third-order valence-corrected chi connectivity index (χ3v) is 3.40. The number of carboxylic acid groups (broad SMARTS) is 1. The number of carboxylic acids is 1. The molecule has 0 saturated heterocycles. The van der Waals surface area contributed by atoms with Crippen LogP contribution in [0.5, 0.6) is 0 Å². The Morgan fingerprint density at radius 1 is 1.53 bits per heavy atom. The molecule has 0 bridgehead atoms. The SMILES string of the molecule is NC(CSCC(=O)Nc1ccc(F)c(Cl)c1)C(=O)O. The van der Waals surface area contributed by atoms with Crippen molar-refractivity contribution in [2.45, 2.75) is 6.04 Å². The van der Waals surface area contributed by atoms with Crippen LogP contribution in [0.25, 0.3) is 0 Å². The van der Waals surface area contributed by atoms with Crippen LogP contribution in [0.1, 0.15) is 0 Å². The van der Waals surface area contributed by atoms with Gasteiger partial charge in [-0.25, -0.2) is 4.39 Å². The summed E-state index contributed by atoms with van der Waals surface area (Å²) >= 11 is 6.66. The molecule has 0 aliphatic heterocycles. The first-order valence-corrected chi connectivity index (χ1v) is 6.74. The van der Waals surface area contributed by atoms with Gasteiger partial charge in [0.2, 0.25) is 5.91 Å². The fraction of sp³-hybridized carbons (Fsp3) is 0.273. The molecule has 5 nitrogen and oxygen atoms in total. The summed E-state index contributed by atoms with van der Waals surface area (Å²) < 4.78 is 12.9. The van der Waals surface area contributed by atoms with Crippen molar-refractivity contribution in [3.8, 4) is 0 Å². The van der Waals surface area contributed by atoms with Gasteiger partial charge in [0.25, 0.3) is 0 Å². The molecule has 1 aromatic carbocycles. The first kappa shape index (κ1) is 15.7. The Hall–Kier alpha value is -1.31. The zero-order chi connectivity index (χ0) is 14.4. The van der Waals surface area contributed by atoms with E-state index in [0.717, 1.165) is 17.8 Å². The standard InChI is InChI=1S/C11H12ClFN2O3S/c12-7-3-6(1-2-8(7)13)15-10(16)5-19-4-9(14)11(17)18/h1-3,9H,4-5,14H2,(H,15,16)(H,17,18). The van der Waals surface area contributed by atoms with Crippen LogP contribution in [-0.2, 0) is 9.59 Å². The normalized spacial score (nSPS) is 11.9. The van der Waals surface area contributed by atoms with Crippen molar-refractivity contribution < 1.29 is 19.1 Å². The van der Waals surface area contributed by atoms with E-state index < -0.39 is 17.8 Å². The Morgan fingerprint density at radius 3 is 2.79 bits per heavy atom. The molecular weight excluding hydrogens is 295 g/mol. The van der Waals surface area contributed by atoms with Gasteiger partial charge in [-0.05, 0) is 18.2 Å². The van der Waals surface area contributed by atoms with Crippen molar-refractivity contribution in [3.05, 3.63) is 29.0 Å². The number of thioether (sulfide) groups is 1. The minimum absolute atomic E-state index is 0.0516. The van der Waals surface area contributed by atoms with Crippen LogP contribution in [0.2, 0.25) is 5.02 Å². The molecule has 19 heavy (non-hydrogen) atoms. The van der Waals surface area contributed by atoms with Crippen LogP contribution >= 0.6 is 23.4 Å². The van der Waals surface area contributed by atoms with Gasteiger partial charge in [-0.1, -0.05) is 11.6 Å². The molecule has 1 atom stereocenters. The Balaban J connectivity index is 2.39. The third-order valence-electron chi connectivity index (χ3n) is 2.05. The molecule has 1 aromatic rings. The van der Waals surface area contributed by atoms with Crippen molar-refractivity contribution >= 4 is 40.9 Å². The molecule has 8 heteroatoms. The summed E-state index contributed by atoms with van der Waals surface area (Å²) in [6.45, 7) is 0. The number of aliphatic carboxylic acids is 1. The number of carbonyl (C=O) groups excluding carboxylic acids is 1. The van der Waals surface area contributed by atoms with Gasteiger partial charge in [0.05, 0.1) is 10.8 Å². The van der Waals surface area contributed by atoms with Crippen molar-refractivity contribution in [3.63, 3.8) is 0 Å². The maximum atomic E-state index is 12.9. The lowest BCUT2D eigenvalue weighted by molar-refractivity contribution is -0.137. The molecule has 0 heterocycles. The number of carbonyl (C=O) groups is 2. The molecule has 4 N–H and O–H groups in total. The topological polar surface area (TPSA) is 92.4 Å². The number of nitrogens with two attached hydrogens (primary N) is 1. The molecule has 1 rings (SSSR count). The molecule has 104 valence electrons. The summed E-state index contributed by atoms with van der Waals surface area (Å²) in [5.41, 5.74) is 5.66. The number of amides is 1. The van der Waals surface area contributed by atoms with Crippen LogP contribution in [0.4, 0.5) is 10.1 Å². The van der Waals surface area contributed by atoms with Gasteiger partial charge < -0.3 is 16.2 Å². The van der Waals surface area contributed by atoms with Crippen LogP contribution in [0.3, 0.4) is 0 Å². The predicted octanol–water partition coefficient (Wildman–Crippen LogP) is 1.56. The fourth-order valence-electron chi connectivity index (χ4n) is 1.12. The van der Waals surface area contributed by atoms with E-state index in [9.17, 15) is 14.0 Å². The van der Waals surface area contributed by atoms with Crippen LogP contribution < -0.4 is 11.1 Å². The number of nitrogens with one attached hydrogen (secondary N) is 1. The van der Waals surface area contributed by atoms with Gasteiger partial charge in [0, 0.05) is 11.4 Å². The van der Waals surface area contributed by atoms with E-state index in [1.807, 2.05) is 0 Å². The smallest absolute Gasteiger partial charge is 0.321 e. The second-order valence-corrected chi connectivity index (χ2v) is 5.07. The minimum atomic E-state index is -1.11. The summed E-state index contributed by atoms with van der Waals surface area (Å²) in [7, 11) is 0. The van der Waals surface area contributed by atoms with Crippen LogP contribution in [-0.4, -0.2) is 34.5 Å². The number of benzene rings is 1. The van der Waals surface area contributed by atoms with E-state index >= 15 is 0 Å². The third kappa shape index (κ3) is 5.46. The van der Waals surface area contributed by atoms with Crippen LogP contribution in [0, 0.1) is 5.82 Å². The summed E-state index contributed by atoms with van der Waals surface area (Å²) in [6.07, 6.45) is 0. The molecule has 0 saturated carbocycles. The largest absolute Gasteiger partial charge is 0.480 e. The van der Waals surface area contributed by atoms with E-state index in [0.29, 0.717) is 5.69 Å². The Bertz CT molecular complexity index is 487. The molecular formula is C11H12ClFN2O3S. The molecule has 0 aromatic heterocycles. The van der Waals surface area contributed by atoms with Gasteiger partial charge in [-0.3, -0.25) is 9.59 Å². The maximum absolute atomic E-state index is 12.9. The van der Waals surface area contributed by atoms with E-state index in [1.165, 1.54) is 12.1 Å². The quantitative estimate of drug-likeness (QED) is 0.742. The average molecular weight is 307 g/mol. The average Bonchev–Trinajstić information content (AvgIpc) is 2.33. The molecule has 0 spiro atoms. The monoisotopic (exact) mass is 306 g/mol. The minimum Gasteiger partial charge on any atom is -0.480 e. The summed E-state index contributed by atoms with van der Waals surface area (Å²) in [5.74, 6) is -1.84. The van der Waals surface area contributed by atoms with Gasteiger partial charge in [-0.2, -0.15) is 0 Å². The highest BCUT2D eigenvalue weighted by Gasteiger charge is 2.12. The Labute approximate surface area is 118 Å². The Kier molecular flexibility index (Phi) is 6.07. The highest BCUT2D eigenvalue weighted by atomic mass is 35.5. The van der Waals surface area contributed by atoms with E-state index in [1.54, 1.807) is 0 Å². The predicted molar refractivity (Wildman–Crippen MR) is 73.0 cm³/mol. The summed E-state index contributed by atoms with van der Waals surface area (Å²) in [6, 6.07) is 2.82. The number of rotatable bonds is 6.